The fourth-order valence-corrected chi connectivity index (χ4v) is 3.57. The number of carbonyl (C=O) groups is 1. The van der Waals surface area contributed by atoms with Crippen LogP contribution in [0.25, 0.3) is 0 Å². The van der Waals surface area contributed by atoms with Crippen molar-refractivity contribution in [1.82, 2.24) is 10.2 Å². The van der Waals surface area contributed by atoms with Crippen molar-refractivity contribution >= 4 is 5.91 Å². The zero-order chi connectivity index (χ0) is 19.9. The van der Waals surface area contributed by atoms with Gasteiger partial charge in [-0.2, -0.15) is 0 Å². The predicted molar refractivity (Wildman–Crippen MR) is 112 cm³/mol. The molecular weight excluding hydrogens is 350 g/mol. The van der Waals surface area contributed by atoms with Gasteiger partial charge in [0.2, 0.25) is 5.91 Å². The minimum absolute atomic E-state index is 0.0353. The Morgan fingerprint density at radius 2 is 1.79 bits per heavy atom. The number of nitrogens with one attached hydrogen (secondary N) is 1. The van der Waals surface area contributed by atoms with E-state index in [4.69, 9.17) is 10.5 Å². The molecule has 0 aliphatic carbocycles. The molecule has 1 fully saturated rings. The highest BCUT2D eigenvalue weighted by Crippen LogP contribution is 2.25. The van der Waals surface area contributed by atoms with Gasteiger partial charge < -0.3 is 15.8 Å². The van der Waals surface area contributed by atoms with Gasteiger partial charge in [0.05, 0.1) is 19.3 Å². The number of carbonyl (C=O) groups excluding carboxylic acids is 1. The van der Waals surface area contributed by atoms with E-state index < -0.39 is 0 Å². The van der Waals surface area contributed by atoms with Gasteiger partial charge in [-0.25, -0.2) is 0 Å². The van der Waals surface area contributed by atoms with Crippen molar-refractivity contribution in [3.8, 4) is 0 Å². The molecule has 150 valence electrons. The molecule has 0 unspecified atom stereocenters. The van der Waals surface area contributed by atoms with Crippen LogP contribution in [0, 0.1) is 0 Å². The number of likely N-dealkylation sites (tertiary alicyclic amines) is 1. The standard InChI is InChI=1S/C23H31N3O2/c1-17(2)28-16-19-10-8-18(9-11-19)12-25-23(27)15-26-13-21(22(24)14-26)20-6-4-3-5-7-20/h3-11,17,21-22H,12-16,24H2,1-2H3,(H,25,27)/t21-,22+/m0/s1. The van der Waals surface area contributed by atoms with Crippen LogP contribution in [0.5, 0.6) is 0 Å². The molecule has 0 aromatic heterocycles. The third kappa shape index (κ3) is 5.89. The number of amides is 1. The number of hydrogen-bond acceptors (Lipinski definition) is 4. The minimum Gasteiger partial charge on any atom is -0.374 e. The lowest BCUT2D eigenvalue weighted by Crippen LogP contribution is -2.37. The van der Waals surface area contributed by atoms with Gasteiger partial charge in [-0.3, -0.25) is 9.69 Å². The molecule has 2 aromatic rings. The predicted octanol–water partition coefficient (Wildman–Crippen LogP) is 2.65. The topological polar surface area (TPSA) is 67.6 Å². The first-order chi connectivity index (χ1) is 13.5. The Balaban J connectivity index is 1.43. The first kappa shape index (κ1) is 20.5. The fourth-order valence-electron chi connectivity index (χ4n) is 3.57. The van der Waals surface area contributed by atoms with Gasteiger partial charge in [-0.05, 0) is 30.5 Å². The Kier molecular flexibility index (Phi) is 7.20. The Hall–Kier alpha value is -2.21. The normalized spacial score (nSPS) is 19.9. The van der Waals surface area contributed by atoms with Crippen LogP contribution in [-0.4, -0.2) is 42.6 Å². The minimum atomic E-state index is 0.0353. The van der Waals surface area contributed by atoms with Crippen molar-refractivity contribution in [1.29, 1.82) is 0 Å². The Morgan fingerprint density at radius 3 is 2.46 bits per heavy atom. The average molecular weight is 382 g/mol. The summed E-state index contributed by atoms with van der Waals surface area (Å²) >= 11 is 0. The summed E-state index contributed by atoms with van der Waals surface area (Å²) < 4.78 is 5.60. The van der Waals surface area contributed by atoms with Crippen molar-refractivity contribution in [3.05, 3.63) is 71.3 Å². The number of nitrogens with two attached hydrogens (primary N) is 1. The maximum Gasteiger partial charge on any atom is 0.234 e. The summed E-state index contributed by atoms with van der Waals surface area (Å²) in [5.74, 6) is 0.322. The summed E-state index contributed by atoms with van der Waals surface area (Å²) in [5, 5.41) is 3.01. The Bertz CT molecular complexity index is 746. The van der Waals surface area contributed by atoms with E-state index in [-0.39, 0.29) is 24.0 Å². The van der Waals surface area contributed by atoms with Crippen molar-refractivity contribution < 1.29 is 9.53 Å². The zero-order valence-electron chi connectivity index (χ0n) is 16.8. The monoisotopic (exact) mass is 381 g/mol. The molecule has 0 spiro atoms. The summed E-state index contributed by atoms with van der Waals surface area (Å²) in [6.45, 7) is 7.16. The molecule has 1 aliphatic heterocycles. The van der Waals surface area contributed by atoms with Gasteiger partial charge in [0, 0.05) is 31.6 Å². The summed E-state index contributed by atoms with van der Waals surface area (Å²) in [6.07, 6.45) is 0.221. The fraction of sp³-hybridized carbons (Fsp3) is 0.435. The van der Waals surface area contributed by atoms with E-state index in [1.54, 1.807) is 0 Å². The van der Waals surface area contributed by atoms with E-state index >= 15 is 0 Å². The molecule has 28 heavy (non-hydrogen) atoms. The number of rotatable bonds is 8. The molecule has 2 atom stereocenters. The quantitative estimate of drug-likeness (QED) is 0.738. The third-order valence-electron chi connectivity index (χ3n) is 5.13. The van der Waals surface area contributed by atoms with Crippen molar-refractivity contribution in [3.63, 3.8) is 0 Å². The van der Waals surface area contributed by atoms with Crippen molar-refractivity contribution in [2.75, 3.05) is 19.6 Å². The summed E-state index contributed by atoms with van der Waals surface area (Å²) in [4.78, 5) is 14.5. The Labute approximate surface area is 167 Å². The number of benzene rings is 2. The van der Waals surface area contributed by atoms with E-state index in [9.17, 15) is 4.79 Å². The molecule has 1 aliphatic rings. The maximum atomic E-state index is 12.4. The van der Waals surface area contributed by atoms with Gasteiger partial charge in [0.25, 0.3) is 0 Å². The highest BCUT2D eigenvalue weighted by atomic mass is 16.5. The Morgan fingerprint density at radius 1 is 1.11 bits per heavy atom. The van der Waals surface area contributed by atoms with Gasteiger partial charge >= 0.3 is 0 Å². The molecule has 3 rings (SSSR count). The van der Waals surface area contributed by atoms with Crippen LogP contribution in [0.4, 0.5) is 0 Å². The van der Waals surface area contributed by atoms with Crippen molar-refractivity contribution in [2.24, 2.45) is 5.73 Å². The van der Waals surface area contributed by atoms with Gasteiger partial charge in [0.15, 0.2) is 0 Å². The average Bonchev–Trinajstić information content (AvgIpc) is 3.06. The van der Waals surface area contributed by atoms with Crippen LogP contribution in [0.3, 0.4) is 0 Å². The highest BCUT2D eigenvalue weighted by molar-refractivity contribution is 5.78. The highest BCUT2D eigenvalue weighted by Gasteiger charge is 2.31. The second-order valence-corrected chi connectivity index (χ2v) is 7.83. The van der Waals surface area contributed by atoms with Gasteiger partial charge in [0.1, 0.15) is 0 Å². The zero-order valence-corrected chi connectivity index (χ0v) is 16.8. The van der Waals surface area contributed by atoms with Crippen LogP contribution in [0.1, 0.15) is 36.5 Å². The molecule has 0 radical (unpaired) electrons. The second-order valence-electron chi connectivity index (χ2n) is 7.83. The van der Waals surface area contributed by atoms with E-state index in [1.165, 1.54) is 5.56 Å². The molecular formula is C23H31N3O2. The molecule has 3 N–H and O–H groups in total. The van der Waals surface area contributed by atoms with Crippen LogP contribution < -0.4 is 11.1 Å². The van der Waals surface area contributed by atoms with Gasteiger partial charge in [-0.15, -0.1) is 0 Å². The number of ether oxygens (including phenoxy) is 1. The molecule has 0 bridgehead atoms. The molecule has 1 amide bonds. The number of hydrogen-bond donors (Lipinski definition) is 2. The second kappa shape index (κ2) is 9.82. The molecule has 1 heterocycles. The summed E-state index contributed by atoms with van der Waals surface area (Å²) in [7, 11) is 0. The lowest BCUT2D eigenvalue weighted by Gasteiger charge is -2.16. The van der Waals surface area contributed by atoms with E-state index in [1.807, 2.05) is 56.3 Å². The lowest BCUT2D eigenvalue weighted by atomic mass is 9.95. The first-order valence-electron chi connectivity index (χ1n) is 10.00. The third-order valence-corrected chi connectivity index (χ3v) is 5.13. The molecule has 2 aromatic carbocycles. The van der Waals surface area contributed by atoms with E-state index in [0.29, 0.717) is 19.7 Å². The molecule has 5 heteroatoms. The molecule has 5 nitrogen and oxygen atoms in total. The number of nitrogens with zero attached hydrogens (tertiary/aromatic N) is 1. The summed E-state index contributed by atoms with van der Waals surface area (Å²) in [5.41, 5.74) is 9.79. The van der Waals surface area contributed by atoms with Crippen LogP contribution in [0.15, 0.2) is 54.6 Å². The maximum absolute atomic E-state index is 12.4. The summed E-state index contributed by atoms with van der Waals surface area (Å²) in [6, 6.07) is 18.6. The van der Waals surface area contributed by atoms with Crippen LogP contribution in [0.2, 0.25) is 0 Å². The largest absolute Gasteiger partial charge is 0.374 e. The first-order valence-corrected chi connectivity index (χ1v) is 10.00. The van der Waals surface area contributed by atoms with E-state index in [0.717, 1.165) is 24.2 Å². The lowest BCUT2D eigenvalue weighted by molar-refractivity contribution is -0.122. The van der Waals surface area contributed by atoms with Gasteiger partial charge in [-0.1, -0.05) is 54.6 Å². The molecule has 0 saturated carbocycles. The smallest absolute Gasteiger partial charge is 0.234 e. The van der Waals surface area contributed by atoms with E-state index in [2.05, 4.69) is 22.3 Å². The molecule has 1 saturated heterocycles. The SMILES string of the molecule is CC(C)OCc1ccc(CNC(=O)CN2C[C@@H](N)[C@H](c3ccccc3)C2)cc1. The van der Waals surface area contributed by atoms with Crippen LogP contribution >= 0.6 is 0 Å². The van der Waals surface area contributed by atoms with Crippen LogP contribution in [-0.2, 0) is 22.7 Å². The van der Waals surface area contributed by atoms with Crippen molar-refractivity contribution in [2.45, 2.75) is 45.1 Å².